The molecule has 0 aliphatic rings. The van der Waals surface area contributed by atoms with Crippen molar-refractivity contribution in [3.63, 3.8) is 0 Å². The Morgan fingerprint density at radius 2 is 1.52 bits per heavy atom. The number of carbonyl (C=O) groups excluding carboxylic acids is 2. The first-order chi connectivity index (χ1) is 20.0. The Bertz CT molecular complexity index is 1410. The summed E-state index contributed by atoms with van der Waals surface area (Å²) in [4.78, 5) is 28.9. The summed E-state index contributed by atoms with van der Waals surface area (Å²) in [5.74, 6) is -0.570. The molecule has 0 bridgehead atoms. The van der Waals surface area contributed by atoms with Crippen molar-refractivity contribution in [2.24, 2.45) is 0 Å². The molecular weight excluding hydrogens is 593 g/mol. The fourth-order valence-electron chi connectivity index (χ4n) is 4.68. The molecule has 226 valence electrons. The molecule has 2 amide bonds. The average Bonchev–Trinajstić information content (AvgIpc) is 2.97. The van der Waals surface area contributed by atoms with E-state index >= 15 is 0 Å². The molecule has 10 heteroatoms. The number of benzene rings is 3. The van der Waals surface area contributed by atoms with Crippen molar-refractivity contribution in [3.05, 3.63) is 99.5 Å². The molecule has 1 N–H and O–H groups in total. The largest absolute Gasteiger partial charge is 0.354 e. The highest BCUT2D eigenvalue weighted by molar-refractivity contribution is 7.92. The van der Waals surface area contributed by atoms with Crippen LogP contribution in [0.3, 0.4) is 0 Å². The van der Waals surface area contributed by atoms with E-state index in [1.54, 1.807) is 30.3 Å². The summed E-state index contributed by atoms with van der Waals surface area (Å²) < 4.78 is 26.6. The second-order valence-electron chi connectivity index (χ2n) is 10.2. The van der Waals surface area contributed by atoms with E-state index < -0.39 is 16.1 Å². The van der Waals surface area contributed by atoms with Gasteiger partial charge in [0.15, 0.2) is 0 Å². The number of hydrogen-bond donors (Lipinski definition) is 1. The van der Waals surface area contributed by atoms with Crippen molar-refractivity contribution in [2.45, 2.75) is 58.5 Å². The number of carbonyl (C=O) groups is 2. The highest BCUT2D eigenvalue weighted by Crippen LogP contribution is 2.28. The SMILES string of the molecule is CCCNC(=O)C(Cc1ccccc1)N(Cc1c(Cl)cccc1Cl)C(=O)CCCN(c1ccc(CC)cc1)S(C)(=O)=O. The van der Waals surface area contributed by atoms with Crippen molar-refractivity contribution in [1.82, 2.24) is 10.2 Å². The van der Waals surface area contributed by atoms with Gasteiger partial charge in [0.25, 0.3) is 0 Å². The molecule has 0 saturated carbocycles. The number of rotatable bonds is 15. The van der Waals surface area contributed by atoms with Crippen molar-refractivity contribution in [2.75, 3.05) is 23.7 Å². The second kappa shape index (κ2) is 16.0. The summed E-state index contributed by atoms with van der Waals surface area (Å²) >= 11 is 13.0. The molecule has 0 aliphatic heterocycles. The maximum atomic E-state index is 13.9. The van der Waals surface area contributed by atoms with E-state index in [4.69, 9.17) is 23.2 Å². The van der Waals surface area contributed by atoms with Gasteiger partial charge >= 0.3 is 0 Å². The fourth-order valence-corrected chi connectivity index (χ4v) is 6.16. The van der Waals surface area contributed by atoms with Crippen LogP contribution in [0.5, 0.6) is 0 Å². The summed E-state index contributed by atoms with van der Waals surface area (Å²) in [5.41, 5.74) is 3.09. The Kier molecular flexibility index (Phi) is 12.7. The molecule has 3 aromatic rings. The maximum Gasteiger partial charge on any atom is 0.243 e. The molecule has 1 atom stereocenters. The normalized spacial score (nSPS) is 12.0. The Hall–Kier alpha value is -3.07. The van der Waals surface area contributed by atoms with Gasteiger partial charge in [-0.3, -0.25) is 13.9 Å². The highest BCUT2D eigenvalue weighted by Gasteiger charge is 2.31. The summed E-state index contributed by atoms with van der Waals surface area (Å²) in [6.45, 7) is 4.61. The number of nitrogens with zero attached hydrogens (tertiary/aromatic N) is 2. The minimum absolute atomic E-state index is 0.0213. The zero-order chi connectivity index (χ0) is 30.7. The van der Waals surface area contributed by atoms with Gasteiger partial charge in [0.1, 0.15) is 6.04 Å². The molecule has 0 saturated heterocycles. The smallest absolute Gasteiger partial charge is 0.243 e. The summed E-state index contributed by atoms with van der Waals surface area (Å²) in [6.07, 6.45) is 3.31. The molecule has 0 aromatic heterocycles. The lowest BCUT2D eigenvalue weighted by Crippen LogP contribution is -2.50. The zero-order valence-electron chi connectivity index (χ0n) is 24.4. The molecule has 0 heterocycles. The van der Waals surface area contributed by atoms with E-state index in [2.05, 4.69) is 5.32 Å². The fraction of sp³-hybridized carbons (Fsp3) is 0.375. The van der Waals surface area contributed by atoms with Crippen LogP contribution in [0.2, 0.25) is 10.0 Å². The molecule has 3 aromatic carbocycles. The van der Waals surface area contributed by atoms with Crippen LogP contribution in [0.15, 0.2) is 72.8 Å². The van der Waals surface area contributed by atoms with Gasteiger partial charge < -0.3 is 10.2 Å². The molecule has 7 nitrogen and oxygen atoms in total. The highest BCUT2D eigenvalue weighted by atomic mass is 35.5. The number of aryl methyl sites for hydroxylation is 1. The van der Waals surface area contributed by atoms with Crippen LogP contribution in [-0.2, 0) is 39.0 Å². The van der Waals surface area contributed by atoms with Crippen LogP contribution in [0.25, 0.3) is 0 Å². The van der Waals surface area contributed by atoms with Crippen LogP contribution in [0, 0.1) is 0 Å². The minimum atomic E-state index is -3.59. The predicted molar refractivity (Wildman–Crippen MR) is 171 cm³/mol. The van der Waals surface area contributed by atoms with Crippen LogP contribution in [0.4, 0.5) is 5.69 Å². The van der Waals surface area contributed by atoms with Crippen LogP contribution < -0.4 is 9.62 Å². The molecule has 0 spiro atoms. The number of anilines is 1. The molecular formula is C32H39Cl2N3O4S. The first-order valence-corrected chi connectivity index (χ1v) is 16.8. The van der Waals surface area contributed by atoms with Crippen LogP contribution in [0.1, 0.15) is 49.8 Å². The monoisotopic (exact) mass is 631 g/mol. The predicted octanol–water partition coefficient (Wildman–Crippen LogP) is 6.27. The van der Waals surface area contributed by atoms with E-state index in [9.17, 15) is 18.0 Å². The number of amides is 2. The number of halogens is 2. The number of sulfonamides is 1. The van der Waals surface area contributed by atoms with E-state index in [0.29, 0.717) is 34.3 Å². The minimum Gasteiger partial charge on any atom is -0.354 e. The average molecular weight is 633 g/mol. The Balaban J connectivity index is 1.90. The van der Waals surface area contributed by atoms with E-state index in [0.717, 1.165) is 30.2 Å². The van der Waals surface area contributed by atoms with Gasteiger partial charge in [0, 0.05) is 48.1 Å². The molecule has 0 fully saturated rings. The lowest BCUT2D eigenvalue weighted by molar-refractivity contribution is -0.141. The summed E-state index contributed by atoms with van der Waals surface area (Å²) in [5, 5.41) is 3.73. The lowest BCUT2D eigenvalue weighted by Gasteiger charge is -2.32. The van der Waals surface area contributed by atoms with Gasteiger partial charge in [0.05, 0.1) is 11.9 Å². The maximum absolute atomic E-state index is 13.9. The van der Waals surface area contributed by atoms with Gasteiger partial charge in [-0.1, -0.05) is 85.6 Å². The number of nitrogens with one attached hydrogen (secondary N) is 1. The molecule has 3 rings (SSSR count). The summed E-state index contributed by atoms with van der Waals surface area (Å²) in [7, 11) is -3.59. The zero-order valence-corrected chi connectivity index (χ0v) is 26.7. The molecule has 1 unspecified atom stereocenters. The van der Waals surface area contributed by atoms with Crippen LogP contribution in [-0.4, -0.2) is 50.5 Å². The van der Waals surface area contributed by atoms with Gasteiger partial charge in [-0.25, -0.2) is 8.42 Å². The van der Waals surface area contributed by atoms with Crippen molar-refractivity contribution < 1.29 is 18.0 Å². The van der Waals surface area contributed by atoms with E-state index in [1.807, 2.05) is 56.3 Å². The Labute approximate surface area is 259 Å². The van der Waals surface area contributed by atoms with E-state index in [1.165, 1.54) is 9.21 Å². The third-order valence-corrected chi connectivity index (χ3v) is 8.90. The first kappa shape index (κ1) is 33.4. The quantitative estimate of drug-likeness (QED) is 0.214. The number of hydrogen-bond acceptors (Lipinski definition) is 4. The third kappa shape index (κ3) is 9.48. The Morgan fingerprint density at radius 1 is 0.881 bits per heavy atom. The third-order valence-electron chi connectivity index (χ3n) is 7.00. The topological polar surface area (TPSA) is 86.8 Å². The molecule has 0 radical (unpaired) electrons. The standard InChI is InChI=1S/C32H39Cl2N3O4S/c1-4-20-35-32(39)30(22-25-11-7-6-8-12-25)36(23-27-28(33)13-9-14-29(27)34)31(38)15-10-21-37(42(3,40)41)26-18-16-24(5-2)17-19-26/h6-9,11-14,16-19,30H,4-5,10,15,20-23H2,1-3H3,(H,35,39). The van der Waals surface area contributed by atoms with Crippen molar-refractivity contribution in [3.8, 4) is 0 Å². The molecule has 42 heavy (non-hydrogen) atoms. The summed E-state index contributed by atoms with van der Waals surface area (Å²) in [6, 6.07) is 21.2. The van der Waals surface area contributed by atoms with Crippen molar-refractivity contribution >= 4 is 50.7 Å². The lowest BCUT2D eigenvalue weighted by atomic mass is 10.0. The molecule has 0 aliphatic carbocycles. The Morgan fingerprint density at radius 3 is 2.10 bits per heavy atom. The second-order valence-corrected chi connectivity index (χ2v) is 12.9. The van der Waals surface area contributed by atoms with Crippen molar-refractivity contribution in [1.29, 1.82) is 0 Å². The van der Waals surface area contributed by atoms with Crippen LogP contribution >= 0.6 is 23.2 Å². The van der Waals surface area contributed by atoms with Gasteiger partial charge in [-0.15, -0.1) is 0 Å². The van der Waals surface area contributed by atoms with E-state index in [-0.39, 0.29) is 37.7 Å². The van der Waals surface area contributed by atoms with Gasteiger partial charge in [-0.2, -0.15) is 0 Å². The van der Waals surface area contributed by atoms with Gasteiger partial charge in [0.2, 0.25) is 21.8 Å². The van der Waals surface area contributed by atoms with Gasteiger partial charge in [-0.05, 0) is 54.7 Å². The first-order valence-electron chi connectivity index (χ1n) is 14.2.